The van der Waals surface area contributed by atoms with Gasteiger partial charge in [0.05, 0.1) is 5.69 Å². The van der Waals surface area contributed by atoms with Gasteiger partial charge in [-0.2, -0.15) is 0 Å². The van der Waals surface area contributed by atoms with Crippen molar-refractivity contribution in [2.24, 2.45) is 0 Å². The van der Waals surface area contributed by atoms with E-state index < -0.39 is 23.4 Å². The minimum atomic E-state index is -0.576. The van der Waals surface area contributed by atoms with Crippen molar-refractivity contribution in [3.8, 4) is 0 Å². The van der Waals surface area contributed by atoms with E-state index in [4.69, 9.17) is 0 Å². The lowest BCUT2D eigenvalue weighted by Gasteiger charge is -2.08. The number of para-hydroxylation sites is 1. The Balaban J connectivity index is 1.75. The van der Waals surface area contributed by atoms with E-state index in [-0.39, 0.29) is 16.9 Å². The van der Waals surface area contributed by atoms with Crippen LogP contribution in [0, 0.1) is 11.6 Å². The van der Waals surface area contributed by atoms with E-state index in [0.717, 1.165) is 0 Å². The summed E-state index contributed by atoms with van der Waals surface area (Å²) in [4.78, 5) is 28.4. The maximum atomic E-state index is 13.6. The molecule has 130 valence electrons. The van der Waals surface area contributed by atoms with Crippen LogP contribution in [0.5, 0.6) is 0 Å². The molecule has 5 nitrogen and oxygen atoms in total. The molecule has 0 unspecified atom stereocenters. The van der Waals surface area contributed by atoms with E-state index in [1.165, 1.54) is 60.8 Å². The van der Waals surface area contributed by atoms with Gasteiger partial charge in [0, 0.05) is 17.4 Å². The van der Waals surface area contributed by atoms with Crippen molar-refractivity contribution in [3.63, 3.8) is 0 Å². The van der Waals surface area contributed by atoms with E-state index in [1.807, 2.05) is 0 Å². The number of aromatic nitrogens is 1. The number of hydrogen-bond donors (Lipinski definition) is 2. The first-order valence-electron chi connectivity index (χ1n) is 7.62. The zero-order valence-corrected chi connectivity index (χ0v) is 13.4. The van der Waals surface area contributed by atoms with Gasteiger partial charge < -0.3 is 10.6 Å². The molecule has 3 aromatic rings. The second-order valence-corrected chi connectivity index (χ2v) is 5.32. The van der Waals surface area contributed by atoms with Crippen molar-refractivity contribution < 1.29 is 18.4 Å². The molecular formula is C19H13F2N3O2. The fourth-order valence-corrected chi connectivity index (χ4v) is 2.18. The topological polar surface area (TPSA) is 71.1 Å². The molecule has 0 atom stereocenters. The quantitative estimate of drug-likeness (QED) is 0.748. The molecule has 0 aliphatic heterocycles. The van der Waals surface area contributed by atoms with Crippen LogP contribution in [0.2, 0.25) is 0 Å². The lowest BCUT2D eigenvalue weighted by atomic mass is 10.2. The van der Waals surface area contributed by atoms with Crippen molar-refractivity contribution in [3.05, 3.63) is 89.8 Å². The minimum absolute atomic E-state index is 0.00416. The predicted octanol–water partition coefficient (Wildman–Crippen LogP) is 3.86. The summed E-state index contributed by atoms with van der Waals surface area (Å²) in [5.74, 6) is -2.12. The molecule has 2 aromatic carbocycles. The van der Waals surface area contributed by atoms with Crippen molar-refractivity contribution in [2.75, 3.05) is 10.6 Å². The molecule has 0 saturated heterocycles. The summed E-state index contributed by atoms with van der Waals surface area (Å²) < 4.78 is 26.5. The van der Waals surface area contributed by atoms with Crippen LogP contribution in [-0.2, 0) is 0 Å². The number of rotatable bonds is 4. The highest BCUT2D eigenvalue weighted by Gasteiger charge is 2.13. The van der Waals surface area contributed by atoms with Crippen LogP contribution in [-0.4, -0.2) is 16.8 Å². The molecule has 0 radical (unpaired) electrons. The number of nitrogens with one attached hydrogen (secondary N) is 2. The standard InChI is InChI=1S/C19H13F2N3O2/c20-13-5-7-14(8-6-13)23-19(26)17-11-12(9-10-22-17)18(25)24-16-4-2-1-3-15(16)21/h1-11H,(H,23,26)(H,24,25). The van der Waals surface area contributed by atoms with Gasteiger partial charge >= 0.3 is 0 Å². The van der Waals surface area contributed by atoms with Crippen molar-refractivity contribution in [2.45, 2.75) is 0 Å². The Kier molecular flexibility index (Phi) is 4.98. The Morgan fingerprint density at radius 3 is 2.31 bits per heavy atom. The smallest absolute Gasteiger partial charge is 0.274 e. The second kappa shape index (κ2) is 7.52. The zero-order chi connectivity index (χ0) is 18.5. The first-order chi connectivity index (χ1) is 12.5. The maximum Gasteiger partial charge on any atom is 0.274 e. The van der Waals surface area contributed by atoms with Crippen molar-refractivity contribution in [1.82, 2.24) is 4.98 Å². The largest absolute Gasteiger partial charge is 0.321 e. The monoisotopic (exact) mass is 353 g/mol. The van der Waals surface area contributed by atoms with Gasteiger partial charge in [-0.25, -0.2) is 8.78 Å². The number of halogens is 2. The molecule has 7 heteroatoms. The van der Waals surface area contributed by atoms with E-state index in [2.05, 4.69) is 15.6 Å². The van der Waals surface area contributed by atoms with E-state index in [9.17, 15) is 18.4 Å². The van der Waals surface area contributed by atoms with Gasteiger partial charge in [0.2, 0.25) is 0 Å². The van der Waals surface area contributed by atoms with Crippen LogP contribution in [0.1, 0.15) is 20.8 Å². The summed E-state index contributed by atoms with van der Waals surface area (Å²) in [7, 11) is 0. The van der Waals surface area contributed by atoms with Crippen LogP contribution in [0.15, 0.2) is 66.9 Å². The Bertz CT molecular complexity index is 959. The number of hydrogen-bond acceptors (Lipinski definition) is 3. The average molecular weight is 353 g/mol. The third kappa shape index (κ3) is 4.07. The molecule has 2 N–H and O–H groups in total. The average Bonchev–Trinajstić information content (AvgIpc) is 2.65. The third-order valence-electron chi connectivity index (χ3n) is 3.48. The van der Waals surface area contributed by atoms with E-state index in [0.29, 0.717) is 5.69 Å². The molecular weight excluding hydrogens is 340 g/mol. The van der Waals surface area contributed by atoms with Crippen LogP contribution in [0.25, 0.3) is 0 Å². The minimum Gasteiger partial charge on any atom is -0.321 e. The molecule has 0 aliphatic carbocycles. The lowest BCUT2D eigenvalue weighted by Crippen LogP contribution is -2.17. The second-order valence-electron chi connectivity index (χ2n) is 5.32. The number of carbonyl (C=O) groups excluding carboxylic acids is 2. The Labute approximate surface area is 147 Å². The summed E-state index contributed by atoms with van der Waals surface area (Å²) in [6, 6.07) is 13.7. The van der Waals surface area contributed by atoms with Gasteiger partial charge in [0.25, 0.3) is 11.8 Å². The van der Waals surface area contributed by atoms with Gasteiger partial charge in [-0.15, -0.1) is 0 Å². The normalized spacial score (nSPS) is 10.2. The number of amides is 2. The summed E-state index contributed by atoms with van der Waals surface area (Å²) in [5.41, 5.74) is 0.564. The van der Waals surface area contributed by atoms with Crippen LogP contribution >= 0.6 is 0 Å². The molecule has 0 saturated carbocycles. The molecule has 26 heavy (non-hydrogen) atoms. The Morgan fingerprint density at radius 2 is 1.58 bits per heavy atom. The first kappa shape index (κ1) is 17.2. The highest BCUT2D eigenvalue weighted by Crippen LogP contribution is 2.15. The molecule has 1 aromatic heterocycles. The molecule has 0 spiro atoms. The zero-order valence-electron chi connectivity index (χ0n) is 13.4. The van der Waals surface area contributed by atoms with Gasteiger partial charge in [0.15, 0.2) is 0 Å². The van der Waals surface area contributed by atoms with E-state index in [1.54, 1.807) is 6.07 Å². The molecule has 2 amide bonds. The summed E-state index contributed by atoms with van der Waals surface area (Å²) in [5, 5.41) is 4.98. The SMILES string of the molecule is O=C(Nc1ccccc1F)c1ccnc(C(=O)Nc2ccc(F)cc2)c1. The van der Waals surface area contributed by atoms with Crippen LogP contribution in [0.3, 0.4) is 0 Å². The van der Waals surface area contributed by atoms with Gasteiger partial charge in [-0.3, -0.25) is 14.6 Å². The fourth-order valence-electron chi connectivity index (χ4n) is 2.18. The summed E-state index contributed by atoms with van der Waals surface area (Å²) >= 11 is 0. The van der Waals surface area contributed by atoms with Crippen molar-refractivity contribution in [1.29, 1.82) is 0 Å². The lowest BCUT2D eigenvalue weighted by molar-refractivity contribution is 0.102. The third-order valence-corrected chi connectivity index (χ3v) is 3.48. The number of pyridine rings is 1. The molecule has 0 aliphatic rings. The number of carbonyl (C=O) groups is 2. The van der Waals surface area contributed by atoms with Gasteiger partial charge in [-0.1, -0.05) is 12.1 Å². The highest BCUT2D eigenvalue weighted by atomic mass is 19.1. The number of benzene rings is 2. The van der Waals surface area contributed by atoms with E-state index >= 15 is 0 Å². The maximum absolute atomic E-state index is 13.6. The molecule has 0 fully saturated rings. The number of anilines is 2. The van der Waals surface area contributed by atoms with Crippen molar-refractivity contribution >= 4 is 23.2 Å². The van der Waals surface area contributed by atoms with Crippen LogP contribution in [0.4, 0.5) is 20.2 Å². The summed E-state index contributed by atoms with van der Waals surface area (Å²) in [6.07, 6.45) is 1.30. The first-order valence-corrected chi connectivity index (χ1v) is 7.62. The molecule has 1 heterocycles. The van der Waals surface area contributed by atoms with Gasteiger partial charge in [-0.05, 0) is 48.5 Å². The molecule has 3 rings (SSSR count). The molecule has 0 bridgehead atoms. The van der Waals surface area contributed by atoms with Gasteiger partial charge in [0.1, 0.15) is 17.3 Å². The Hall–Kier alpha value is -3.61. The highest BCUT2D eigenvalue weighted by molar-refractivity contribution is 6.07. The fraction of sp³-hybridized carbons (Fsp3) is 0. The number of nitrogens with zero attached hydrogens (tertiary/aromatic N) is 1. The van der Waals surface area contributed by atoms with Crippen LogP contribution < -0.4 is 10.6 Å². The summed E-state index contributed by atoms with van der Waals surface area (Å²) in [6.45, 7) is 0. The Morgan fingerprint density at radius 1 is 0.846 bits per heavy atom. The predicted molar refractivity (Wildman–Crippen MR) is 92.9 cm³/mol.